The molecule has 2 aromatic carbocycles. The summed E-state index contributed by atoms with van der Waals surface area (Å²) in [6, 6.07) is 11.3. The van der Waals surface area contributed by atoms with Crippen LogP contribution in [0, 0.1) is 0 Å². The summed E-state index contributed by atoms with van der Waals surface area (Å²) in [5, 5.41) is 6.23. The van der Waals surface area contributed by atoms with Crippen LogP contribution in [-0.2, 0) is 27.5 Å². The van der Waals surface area contributed by atoms with Crippen molar-refractivity contribution in [3.8, 4) is 5.69 Å². The number of nitrogens with one attached hydrogen (secondary N) is 2. The van der Waals surface area contributed by atoms with Crippen molar-refractivity contribution in [1.82, 2.24) is 19.8 Å². The van der Waals surface area contributed by atoms with Gasteiger partial charge in [-0.25, -0.2) is 17.8 Å². The number of rotatable bonds is 8. The van der Waals surface area contributed by atoms with Gasteiger partial charge in [0.25, 0.3) is 0 Å². The van der Waals surface area contributed by atoms with Gasteiger partial charge >= 0.3 is 6.18 Å². The molecule has 1 aromatic heterocycles. The van der Waals surface area contributed by atoms with Gasteiger partial charge in [0.05, 0.1) is 21.2 Å². The fraction of sp³-hybridized carbons (Fsp3) is 0.200. The average Bonchev–Trinajstić information content (AvgIpc) is 3.26. The van der Waals surface area contributed by atoms with E-state index in [9.17, 15) is 26.4 Å². The van der Waals surface area contributed by atoms with Gasteiger partial charge in [0, 0.05) is 31.9 Å². The van der Waals surface area contributed by atoms with E-state index in [0.717, 1.165) is 23.4 Å². The van der Waals surface area contributed by atoms with Gasteiger partial charge in [0.2, 0.25) is 15.9 Å². The highest BCUT2D eigenvalue weighted by atomic mass is 35.5. The first-order chi connectivity index (χ1) is 15.1. The van der Waals surface area contributed by atoms with Crippen LogP contribution in [0.2, 0.25) is 5.02 Å². The molecule has 0 aliphatic heterocycles. The number of carbonyl (C=O) groups is 1. The lowest BCUT2D eigenvalue weighted by molar-refractivity contribution is -0.137. The van der Waals surface area contributed by atoms with Crippen molar-refractivity contribution in [2.24, 2.45) is 0 Å². The summed E-state index contributed by atoms with van der Waals surface area (Å²) in [6.07, 6.45) is -1.62. The number of sulfonamides is 1. The Hall–Kier alpha value is -2.89. The first-order valence-corrected chi connectivity index (χ1v) is 11.1. The maximum Gasteiger partial charge on any atom is 0.417 e. The number of alkyl halides is 3. The third kappa shape index (κ3) is 5.87. The molecule has 0 unspecified atom stereocenters. The highest BCUT2D eigenvalue weighted by Crippen LogP contribution is 2.35. The summed E-state index contributed by atoms with van der Waals surface area (Å²) in [7, 11) is -4.26. The van der Waals surface area contributed by atoms with Crippen molar-refractivity contribution in [2.75, 3.05) is 6.54 Å². The van der Waals surface area contributed by atoms with Gasteiger partial charge in [-0.05, 0) is 35.9 Å². The lowest BCUT2D eigenvalue weighted by atomic mass is 10.1. The molecule has 0 fully saturated rings. The van der Waals surface area contributed by atoms with Gasteiger partial charge in [-0.1, -0.05) is 29.8 Å². The van der Waals surface area contributed by atoms with Gasteiger partial charge in [-0.3, -0.25) is 4.79 Å². The molecule has 3 aromatic rings. The van der Waals surface area contributed by atoms with Crippen LogP contribution < -0.4 is 10.0 Å². The molecule has 2 N–H and O–H groups in total. The van der Waals surface area contributed by atoms with Crippen LogP contribution in [-0.4, -0.2) is 30.7 Å². The normalized spacial score (nSPS) is 12.0. The quantitative estimate of drug-likeness (QED) is 0.509. The third-order valence-electron chi connectivity index (χ3n) is 4.42. The van der Waals surface area contributed by atoms with E-state index in [1.54, 1.807) is 23.1 Å². The number of nitrogens with zero attached hydrogens (tertiary/aromatic N) is 2. The molecule has 0 spiro atoms. The molecule has 0 saturated heterocycles. The molecule has 0 aliphatic carbocycles. The Morgan fingerprint density at radius 1 is 1.12 bits per heavy atom. The van der Waals surface area contributed by atoms with Gasteiger partial charge in [0.15, 0.2) is 0 Å². The first kappa shape index (κ1) is 23.8. The molecule has 7 nitrogen and oxygen atoms in total. The monoisotopic (exact) mass is 486 g/mol. The van der Waals surface area contributed by atoms with Crippen LogP contribution in [0.25, 0.3) is 5.69 Å². The number of halogens is 4. The van der Waals surface area contributed by atoms with Crippen LogP contribution in [0.15, 0.2) is 65.8 Å². The summed E-state index contributed by atoms with van der Waals surface area (Å²) < 4.78 is 67.2. The summed E-state index contributed by atoms with van der Waals surface area (Å²) >= 11 is 5.51. The molecule has 170 valence electrons. The maximum absolute atomic E-state index is 13.0. The number of carbonyl (C=O) groups excluding carboxylic acids is 1. The number of amides is 1. The molecule has 12 heteroatoms. The molecular weight excluding hydrogens is 469 g/mol. The second kappa shape index (κ2) is 9.72. The molecule has 0 radical (unpaired) electrons. The van der Waals surface area contributed by atoms with Crippen molar-refractivity contribution < 1.29 is 26.4 Å². The Labute approximate surface area is 187 Å². The van der Waals surface area contributed by atoms with Gasteiger partial charge in [-0.15, -0.1) is 0 Å². The maximum atomic E-state index is 13.0. The van der Waals surface area contributed by atoms with Crippen molar-refractivity contribution in [2.45, 2.75) is 24.0 Å². The number of hydrogen-bond acceptors (Lipinski definition) is 4. The molecular formula is C20H18ClF3N4O3S. The minimum Gasteiger partial charge on any atom is -0.352 e. The van der Waals surface area contributed by atoms with E-state index in [-0.39, 0.29) is 19.5 Å². The Balaban J connectivity index is 1.57. The Morgan fingerprint density at radius 2 is 1.88 bits per heavy atom. The van der Waals surface area contributed by atoms with Gasteiger partial charge in [-0.2, -0.15) is 18.3 Å². The average molecular weight is 487 g/mol. The third-order valence-corrected chi connectivity index (χ3v) is 6.20. The van der Waals surface area contributed by atoms with Crippen LogP contribution in [0.5, 0.6) is 0 Å². The minimum atomic E-state index is -4.80. The molecule has 0 atom stereocenters. The second-order valence-corrected chi connectivity index (χ2v) is 8.82. The minimum absolute atomic E-state index is 0.188. The number of aromatic nitrogens is 2. The number of para-hydroxylation sites is 1. The molecule has 1 amide bonds. The van der Waals surface area contributed by atoms with Crippen LogP contribution in [0.4, 0.5) is 13.2 Å². The van der Waals surface area contributed by atoms with E-state index in [2.05, 4.69) is 15.1 Å². The molecule has 3 rings (SSSR count). The standard InChI is InChI=1S/C20H18ClF3N4O3S/c21-17-7-6-15(12-16(17)20(22,23)24)32(30,31)27-10-8-19(29)25-13-14-4-1-2-5-18(14)28-11-3-9-26-28/h1-7,9,11-12,27H,8,10,13H2,(H,25,29). The van der Waals surface area contributed by atoms with Crippen LogP contribution >= 0.6 is 11.6 Å². The number of benzene rings is 2. The van der Waals surface area contributed by atoms with Gasteiger partial charge < -0.3 is 5.32 Å². The molecule has 1 heterocycles. The lowest BCUT2D eigenvalue weighted by Gasteiger charge is -2.12. The summed E-state index contributed by atoms with van der Waals surface area (Å²) in [4.78, 5) is 11.5. The summed E-state index contributed by atoms with van der Waals surface area (Å²) in [5.74, 6) is -0.435. The zero-order chi connectivity index (χ0) is 23.4. The fourth-order valence-electron chi connectivity index (χ4n) is 2.85. The zero-order valence-electron chi connectivity index (χ0n) is 16.4. The van der Waals surface area contributed by atoms with E-state index >= 15 is 0 Å². The first-order valence-electron chi connectivity index (χ1n) is 9.29. The SMILES string of the molecule is O=C(CCNS(=O)(=O)c1ccc(Cl)c(C(F)(F)F)c1)NCc1ccccc1-n1cccn1. The lowest BCUT2D eigenvalue weighted by Crippen LogP contribution is -2.31. The van der Waals surface area contributed by atoms with E-state index < -0.39 is 37.6 Å². The van der Waals surface area contributed by atoms with Gasteiger partial charge in [0.1, 0.15) is 0 Å². The largest absolute Gasteiger partial charge is 0.417 e. The van der Waals surface area contributed by atoms with Crippen molar-refractivity contribution in [3.63, 3.8) is 0 Å². The van der Waals surface area contributed by atoms with Crippen molar-refractivity contribution >= 4 is 27.5 Å². The van der Waals surface area contributed by atoms with E-state index in [0.29, 0.717) is 6.07 Å². The Kier molecular flexibility index (Phi) is 7.22. The topological polar surface area (TPSA) is 93.1 Å². The van der Waals surface area contributed by atoms with Crippen LogP contribution in [0.1, 0.15) is 17.5 Å². The number of hydrogen-bond donors (Lipinski definition) is 2. The van der Waals surface area contributed by atoms with Crippen molar-refractivity contribution in [3.05, 3.63) is 77.1 Å². The highest BCUT2D eigenvalue weighted by Gasteiger charge is 2.34. The Bertz CT molecular complexity index is 1200. The predicted octanol–water partition coefficient (Wildman–Crippen LogP) is 3.53. The van der Waals surface area contributed by atoms with Crippen molar-refractivity contribution in [1.29, 1.82) is 0 Å². The fourth-order valence-corrected chi connectivity index (χ4v) is 4.13. The van der Waals surface area contributed by atoms with E-state index in [1.165, 1.54) is 0 Å². The molecule has 0 aliphatic rings. The summed E-state index contributed by atoms with van der Waals surface area (Å²) in [6.45, 7) is -0.104. The van der Waals surface area contributed by atoms with Crippen LogP contribution in [0.3, 0.4) is 0 Å². The second-order valence-electron chi connectivity index (χ2n) is 6.64. The predicted molar refractivity (Wildman–Crippen MR) is 112 cm³/mol. The summed E-state index contributed by atoms with van der Waals surface area (Å²) in [5.41, 5.74) is 0.323. The molecule has 0 saturated carbocycles. The Morgan fingerprint density at radius 3 is 2.56 bits per heavy atom. The smallest absolute Gasteiger partial charge is 0.352 e. The zero-order valence-corrected chi connectivity index (χ0v) is 18.0. The van der Waals surface area contributed by atoms with E-state index in [1.807, 2.05) is 24.3 Å². The molecule has 32 heavy (non-hydrogen) atoms. The van der Waals surface area contributed by atoms with E-state index in [4.69, 9.17) is 11.6 Å². The highest BCUT2D eigenvalue weighted by molar-refractivity contribution is 7.89. The molecule has 0 bridgehead atoms.